The summed E-state index contributed by atoms with van der Waals surface area (Å²) in [6, 6.07) is 67.0. The van der Waals surface area contributed by atoms with Crippen molar-refractivity contribution < 1.29 is 4.42 Å². The highest BCUT2D eigenvalue weighted by atomic mass is 16.3. The maximum absolute atomic E-state index is 6.79. The number of fused-ring (bicyclic) bond motifs is 5. The van der Waals surface area contributed by atoms with Crippen LogP contribution in [0.3, 0.4) is 0 Å². The molecule has 0 radical (unpaired) electrons. The number of benzene rings is 8. The zero-order valence-corrected chi connectivity index (χ0v) is 29.2. The van der Waals surface area contributed by atoms with Crippen molar-refractivity contribution in [3.05, 3.63) is 194 Å². The molecular weight excluding hydrogens is 661 g/mol. The molecule has 10 aromatic rings. The molecule has 0 N–H and O–H groups in total. The molecule has 254 valence electrons. The van der Waals surface area contributed by atoms with E-state index in [1.54, 1.807) is 0 Å². The van der Waals surface area contributed by atoms with Crippen molar-refractivity contribution in [2.24, 2.45) is 0 Å². The van der Waals surface area contributed by atoms with Gasteiger partial charge in [-0.15, -0.1) is 0 Å². The van der Waals surface area contributed by atoms with Crippen LogP contribution >= 0.6 is 0 Å². The second kappa shape index (κ2) is 13.3. The van der Waals surface area contributed by atoms with E-state index in [1.807, 2.05) is 60.7 Å². The average molecular weight is 693 g/mol. The quantitative estimate of drug-likeness (QED) is 0.166. The second-order valence-electron chi connectivity index (χ2n) is 13.3. The summed E-state index contributed by atoms with van der Waals surface area (Å²) in [6.45, 7) is 0. The van der Waals surface area contributed by atoms with Crippen LogP contribution in [0.25, 0.3) is 78.0 Å². The highest BCUT2D eigenvalue weighted by Crippen LogP contribution is 2.45. The molecule has 10 rings (SSSR count). The zero-order chi connectivity index (χ0) is 35.8. The third-order valence-electron chi connectivity index (χ3n) is 9.88. The van der Waals surface area contributed by atoms with Gasteiger partial charge in [-0.1, -0.05) is 152 Å². The van der Waals surface area contributed by atoms with Crippen molar-refractivity contribution >= 4 is 49.8 Å². The summed E-state index contributed by atoms with van der Waals surface area (Å²) in [6.07, 6.45) is 0. The molecule has 5 nitrogen and oxygen atoms in total. The van der Waals surface area contributed by atoms with E-state index in [9.17, 15) is 0 Å². The molecule has 0 aliphatic carbocycles. The Hall–Kier alpha value is -7.37. The number of furan rings is 1. The van der Waals surface area contributed by atoms with E-state index >= 15 is 0 Å². The monoisotopic (exact) mass is 692 g/mol. The summed E-state index contributed by atoms with van der Waals surface area (Å²) in [4.78, 5) is 17.2. The highest BCUT2D eigenvalue weighted by Gasteiger charge is 2.21. The number of rotatable bonds is 7. The number of para-hydroxylation sites is 1. The van der Waals surface area contributed by atoms with Gasteiger partial charge in [-0.2, -0.15) is 0 Å². The molecule has 0 spiro atoms. The third-order valence-corrected chi connectivity index (χ3v) is 9.88. The summed E-state index contributed by atoms with van der Waals surface area (Å²) in [5.41, 5.74) is 9.87. The Labute approximate surface area is 312 Å². The maximum atomic E-state index is 6.79. The molecule has 0 saturated heterocycles. The SMILES string of the molecule is c1ccc(-c2cccc(N(c3ccccc3)c3cc4c5ccc(-c6nc(-c7ccccc7)nc(-c7ccccc7)n6)cc5oc4c4ccccc34)c2)cc1. The summed E-state index contributed by atoms with van der Waals surface area (Å²) in [5, 5.41) is 4.19. The van der Waals surface area contributed by atoms with E-state index in [1.165, 1.54) is 5.56 Å². The molecule has 2 aromatic heterocycles. The minimum Gasteiger partial charge on any atom is -0.455 e. The van der Waals surface area contributed by atoms with Gasteiger partial charge in [-0.05, 0) is 53.6 Å². The molecule has 0 bridgehead atoms. The first-order chi connectivity index (χ1) is 26.8. The van der Waals surface area contributed by atoms with Crippen LogP contribution in [0.2, 0.25) is 0 Å². The third kappa shape index (κ3) is 5.65. The molecule has 2 heterocycles. The van der Waals surface area contributed by atoms with Crippen LogP contribution in [0.15, 0.2) is 199 Å². The normalized spacial score (nSPS) is 11.3. The number of anilines is 3. The molecule has 0 unspecified atom stereocenters. The predicted octanol–water partition coefficient (Wildman–Crippen LogP) is 13.1. The first-order valence-electron chi connectivity index (χ1n) is 18.0. The Balaban J connectivity index is 1.16. The molecule has 0 fully saturated rings. The Kier molecular flexibility index (Phi) is 7.73. The van der Waals surface area contributed by atoms with Gasteiger partial charge in [-0.3, -0.25) is 0 Å². The van der Waals surface area contributed by atoms with Gasteiger partial charge < -0.3 is 9.32 Å². The lowest BCUT2D eigenvalue weighted by molar-refractivity contribution is 0.673. The molecule has 54 heavy (non-hydrogen) atoms. The number of hydrogen-bond acceptors (Lipinski definition) is 5. The number of nitrogens with zero attached hydrogens (tertiary/aromatic N) is 4. The Morgan fingerprint density at radius 1 is 0.333 bits per heavy atom. The minimum absolute atomic E-state index is 0.587. The lowest BCUT2D eigenvalue weighted by Gasteiger charge is -2.27. The van der Waals surface area contributed by atoms with Crippen LogP contribution in [-0.2, 0) is 0 Å². The second-order valence-corrected chi connectivity index (χ2v) is 13.3. The Bertz CT molecular complexity index is 2870. The van der Waals surface area contributed by atoms with Crippen molar-refractivity contribution in [3.63, 3.8) is 0 Å². The van der Waals surface area contributed by atoms with Gasteiger partial charge in [0.05, 0.1) is 5.69 Å². The van der Waals surface area contributed by atoms with E-state index in [0.29, 0.717) is 17.5 Å². The van der Waals surface area contributed by atoms with E-state index in [2.05, 4.69) is 138 Å². The van der Waals surface area contributed by atoms with Crippen LogP contribution < -0.4 is 4.90 Å². The zero-order valence-electron chi connectivity index (χ0n) is 29.2. The van der Waals surface area contributed by atoms with Gasteiger partial charge in [0.25, 0.3) is 0 Å². The summed E-state index contributed by atoms with van der Waals surface area (Å²) >= 11 is 0. The largest absolute Gasteiger partial charge is 0.455 e. The average Bonchev–Trinajstić information content (AvgIpc) is 3.63. The molecule has 8 aromatic carbocycles. The molecular formula is C49H32N4O. The minimum atomic E-state index is 0.587. The first-order valence-corrected chi connectivity index (χ1v) is 18.0. The summed E-state index contributed by atoms with van der Waals surface area (Å²) in [5.74, 6) is 1.83. The molecule has 0 aliphatic heterocycles. The molecule has 0 saturated carbocycles. The number of hydrogen-bond donors (Lipinski definition) is 0. The van der Waals surface area contributed by atoms with Gasteiger partial charge in [0.2, 0.25) is 0 Å². The van der Waals surface area contributed by atoms with Crippen LogP contribution in [0.1, 0.15) is 0 Å². The van der Waals surface area contributed by atoms with Crippen molar-refractivity contribution in [2.45, 2.75) is 0 Å². The first kappa shape index (κ1) is 31.4. The van der Waals surface area contributed by atoms with E-state index in [4.69, 9.17) is 19.4 Å². The maximum Gasteiger partial charge on any atom is 0.164 e. The van der Waals surface area contributed by atoms with Crippen molar-refractivity contribution in [3.8, 4) is 45.3 Å². The summed E-state index contributed by atoms with van der Waals surface area (Å²) in [7, 11) is 0. The fourth-order valence-electron chi connectivity index (χ4n) is 7.30. The fraction of sp³-hybridized carbons (Fsp3) is 0. The van der Waals surface area contributed by atoms with Crippen LogP contribution in [-0.4, -0.2) is 15.0 Å². The summed E-state index contributed by atoms with van der Waals surface area (Å²) < 4.78 is 6.79. The van der Waals surface area contributed by atoms with Crippen LogP contribution in [0.5, 0.6) is 0 Å². The highest BCUT2D eigenvalue weighted by molar-refractivity contribution is 6.20. The topological polar surface area (TPSA) is 55.1 Å². The molecule has 0 aliphatic rings. The van der Waals surface area contributed by atoms with E-state index in [0.717, 1.165) is 72.0 Å². The van der Waals surface area contributed by atoms with Gasteiger partial charge in [0.1, 0.15) is 11.2 Å². The number of aromatic nitrogens is 3. The van der Waals surface area contributed by atoms with E-state index in [-0.39, 0.29) is 0 Å². The van der Waals surface area contributed by atoms with E-state index < -0.39 is 0 Å². The lowest BCUT2D eigenvalue weighted by atomic mass is 10.0. The Morgan fingerprint density at radius 3 is 1.50 bits per heavy atom. The fourth-order valence-corrected chi connectivity index (χ4v) is 7.30. The van der Waals surface area contributed by atoms with Gasteiger partial charge >= 0.3 is 0 Å². The molecule has 5 heteroatoms. The lowest BCUT2D eigenvalue weighted by Crippen LogP contribution is -2.10. The van der Waals surface area contributed by atoms with Crippen molar-refractivity contribution in [2.75, 3.05) is 4.90 Å². The molecule has 0 atom stereocenters. The molecule has 0 amide bonds. The smallest absolute Gasteiger partial charge is 0.164 e. The predicted molar refractivity (Wildman–Crippen MR) is 221 cm³/mol. The van der Waals surface area contributed by atoms with Crippen LogP contribution in [0.4, 0.5) is 17.1 Å². The van der Waals surface area contributed by atoms with Gasteiger partial charge in [-0.25, -0.2) is 15.0 Å². The Morgan fingerprint density at radius 2 is 0.852 bits per heavy atom. The van der Waals surface area contributed by atoms with Gasteiger partial charge in [0.15, 0.2) is 17.5 Å². The standard InChI is InChI=1S/C49H32N4O/c1-5-16-33(17-6-1)36-22-15-25-39(30-36)53(38-23-11-4-12-24-38)44-32-43-41-29-28-37(31-45(41)54-46(43)42-27-14-13-26-40(42)44)49-51-47(34-18-7-2-8-19-34)50-48(52-49)35-20-9-3-10-21-35/h1-32H. The van der Waals surface area contributed by atoms with Gasteiger partial charge in [0, 0.05) is 49.6 Å². The van der Waals surface area contributed by atoms with Crippen molar-refractivity contribution in [1.29, 1.82) is 0 Å². The van der Waals surface area contributed by atoms with Crippen LogP contribution in [0, 0.1) is 0 Å². The van der Waals surface area contributed by atoms with Crippen molar-refractivity contribution in [1.82, 2.24) is 15.0 Å².